The fourth-order valence-electron chi connectivity index (χ4n) is 5.46. The Bertz CT molecular complexity index is 1310. The van der Waals surface area contributed by atoms with Crippen molar-refractivity contribution < 1.29 is 9.59 Å². The minimum atomic E-state index is -1.53. The number of carbonyl (C=O) groups excluding carboxylic acids is 2. The Kier molecular flexibility index (Phi) is 4.12. The van der Waals surface area contributed by atoms with Crippen LogP contribution in [0.2, 0.25) is 0 Å². The third-order valence-electron chi connectivity index (χ3n) is 6.76. The average Bonchev–Trinajstić information content (AvgIpc) is 3.01. The summed E-state index contributed by atoms with van der Waals surface area (Å²) < 4.78 is 0. The molecular weight excluding hydrogens is 400 g/mol. The summed E-state index contributed by atoms with van der Waals surface area (Å²) in [5.74, 6) is -0.331. The number of nitrogens with two attached hydrogens (primary N) is 1. The number of aryl methyl sites for hydroxylation is 1. The SMILES string of the molecule is Cc1ccccc1N1C(N)=C(C#N)[C@@]2(C(=O)Nc3ccccc32)C2=C1CC(C)(C)CC2=O. The van der Waals surface area contributed by atoms with Crippen molar-refractivity contribution in [3.05, 3.63) is 82.3 Å². The molecule has 160 valence electrons. The largest absolute Gasteiger partial charge is 0.384 e. The first-order chi connectivity index (χ1) is 15.2. The van der Waals surface area contributed by atoms with Crippen LogP contribution in [0.1, 0.15) is 37.8 Å². The molecule has 32 heavy (non-hydrogen) atoms. The van der Waals surface area contributed by atoms with E-state index in [4.69, 9.17) is 5.73 Å². The summed E-state index contributed by atoms with van der Waals surface area (Å²) in [5, 5.41) is 13.2. The molecule has 3 N–H and O–H groups in total. The summed E-state index contributed by atoms with van der Waals surface area (Å²) in [6.07, 6.45) is 0.849. The van der Waals surface area contributed by atoms with Crippen LogP contribution < -0.4 is 16.0 Å². The highest BCUT2D eigenvalue weighted by atomic mass is 16.2. The van der Waals surface area contributed by atoms with Gasteiger partial charge in [0, 0.05) is 28.9 Å². The Morgan fingerprint density at radius 3 is 2.47 bits per heavy atom. The Hall–Kier alpha value is -3.85. The van der Waals surface area contributed by atoms with Crippen LogP contribution in [0.4, 0.5) is 11.4 Å². The van der Waals surface area contributed by atoms with Gasteiger partial charge in [0.25, 0.3) is 0 Å². The predicted molar refractivity (Wildman–Crippen MR) is 122 cm³/mol. The van der Waals surface area contributed by atoms with Gasteiger partial charge in [0.1, 0.15) is 17.3 Å². The number of anilines is 2. The van der Waals surface area contributed by atoms with Gasteiger partial charge in [-0.3, -0.25) is 14.5 Å². The van der Waals surface area contributed by atoms with Gasteiger partial charge in [-0.15, -0.1) is 0 Å². The van der Waals surface area contributed by atoms with Crippen molar-refractivity contribution in [2.24, 2.45) is 11.1 Å². The third-order valence-corrected chi connectivity index (χ3v) is 6.76. The summed E-state index contributed by atoms with van der Waals surface area (Å²) >= 11 is 0. The number of nitrogens with one attached hydrogen (secondary N) is 1. The lowest BCUT2D eigenvalue weighted by Gasteiger charge is -2.47. The number of amides is 1. The van der Waals surface area contributed by atoms with Crippen LogP contribution in [-0.4, -0.2) is 11.7 Å². The molecule has 1 aliphatic carbocycles. The molecular formula is C26H24N4O2. The quantitative estimate of drug-likeness (QED) is 0.720. The lowest BCUT2D eigenvalue weighted by atomic mass is 9.60. The average molecular weight is 425 g/mol. The van der Waals surface area contributed by atoms with Crippen molar-refractivity contribution in [2.75, 3.05) is 10.2 Å². The summed E-state index contributed by atoms with van der Waals surface area (Å²) in [4.78, 5) is 29.2. The maximum absolute atomic E-state index is 13.8. The number of hydrogen-bond donors (Lipinski definition) is 2. The number of ketones is 1. The van der Waals surface area contributed by atoms with Gasteiger partial charge in [-0.1, -0.05) is 50.2 Å². The standard InChI is InChI=1S/C26H24N4O2/c1-15-8-4-7-11-19(15)30-20-12-25(2,3)13-21(31)22(20)26(17(14-27)23(30)28)16-9-5-6-10-18(16)29-24(26)32/h4-11H,12-13,28H2,1-3H3,(H,29,32)/t26-/m1/s1. The Morgan fingerprint density at radius 2 is 1.75 bits per heavy atom. The number of Topliss-reactive ketones (excluding diaryl/α,β-unsaturated/α-hetero) is 1. The minimum Gasteiger partial charge on any atom is -0.384 e. The smallest absolute Gasteiger partial charge is 0.245 e. The van der Waals surface area contributed by atoms with E-state index >= 15 is 0 Å². The van der Waals surface area contributed by atoms with E-state index in [-0.39, 0.29) is 22.6 Å². The van der Waals surface area contributed by atoms with Crippen LogP contribution in [0, 0.1) is 23.7 Å². The second kappa shape index (κ2) is 6.57. The summed E-state index contributed by atoms with van der Waals surface area (Å²) in [5.41, 5.74) is 9.00. The molecule has 0 saturated carbocycles. The second-order valence-electron chi connectivity index (χ2n) is 9.51. The minimum absolute atomic E-state index is 0.0926. The molecule has 0 bridgehead atoms. The molecule has 2 aliphatic heterocycles. The van der Waals surface area contributed by atoms with E-state index in [0.29, 0.717) is 35.4 Å². The van der Waals surface area contributed by atoms with Gasteiger partial charge in [-0.2, -0.15) is 5.26 Å². The van der Waals surface area contributed by atoms with E-state index in [2.05, 4.69) is 11.4 Å². The van der Waals surface area contributed by atoms with Gasteiger partial charge in [-0.25, -0.2) is 0 Å². The van der Waals surface area contributed by atoms with Gasteiger partial charge >= 0.3 is 0 Å². The summed E-state index contributed by atoms with van der Waals surface area (Å²) in [6, 6.07) is 17.2. The molecule has 0 radical (unpaired) electrons. The van der Waals surface area contributed by atoms with E-state index in [1.54, 1.807) is 12.1 Å². The van der Waals surface area contributed by atoms with E-state index in [9.17, 15) is 14.9 Å². The highest BCUT2D eigenvalue weighted by molar-refractivity contribution is 6.20. The number of hydrogen-bond acceptors (Lipinski definition) is 5. The van der Waals surface area contributed by atoms with Crippen LogP contribution in [0.5, 0.6) is 0 Å². The van der Waals surface area contributed by atoms with Crippen molar-refractivity contribution in [1.29, 1.82) is 5.26 Å². The number of para-hydroxylation sites is 2. The molecule has 2 aromatic carbocycles. The lowest BCUT2D eigenvalue weighted by molar-refractivity contribution is -0.123. The van der Waals surface area contributed by atoms with Crippen LogP contribution in [0.15, 0.2) is 71.2 Å². The first-order valence-electron chi connectivity index (χ1n) is 10.7. The van der Waals surface area contributed by atoms with Gasteiger partial charge in [-0.05, 0) is 36.5 Å². The summed E-state index contributed by atoms with van der Waals surface area (Å²) in [6.45, 7) is 6.05. The van der Waals surface area contributed by atoms with Crippen LogP contribution in [-0.2, 0) is 15.0 Å². The lowest BCUT2D eigenvalue weighted by Crippen LogP contribution is -2.52. The highest BCUT2D eigenvalue weighted by Crippen LogP contribution is 2.57. The monoisotopic (exact) mass is 424 g/mol. The number of nitriles is 1. The molecule has 0 unspecified atom stereocenters. The van der Waals surface area contributed by atoms with E-state index < -0.39 is 11.3 Å². The zero-order valence-electron chi connectivity index (χ0n) is 18.3. The van der Waals surface area contributed by atoms with Crippen molar-refractivity contribution in [3.8, 4) is 6.07 Å². The fourth-order valence-corrected chi connectivity index (χ4v) is 5.46. The molecule has 2 aromatic rings. The molecule has 1 spiro atoms. The first kappa shape index (κ1) is 20.1. The molecule has 0 fully saturated rings. The maximum Gasteiger partial charge on any atom is 0.245 e. The first-order valence-corrected chi connectivity index (χ1v) is 10.7. The van der Waals surface area contributed by atoms with E-state index in [1.807, 2.05) is 62.1 Å². The zero-order valence-corrected chi connectivity index (χ0v) is 18.3. The van der Waals surface area contributed by atoms with Gasteiger partial charge in [0.05, 0.1) is 11.3 Å². The second-order valence-corrected chi connectivity index (χ2v) is 9.51. The molecule has 5 rings (SSSR count). The van der Waals surface area contributed by atoms with Crippen molar-refractivity contribution >= 4 is 23.1 Å². The molecule has 6 heteroatoms. The van der Waals surface area contributed by atoms with Gasteiger partial charge < -0.3 is 11.1 Å². The Balaban J connectivity index is 1.92. The van der Waals surface area contributed by atoms with Gasteiger partial charge in [0.2, 0.25) is 5.91 Å². The van der Waals surface area contributed by atoms with Crippen molar-refractivity contribution in [2.45, 2.75) is 39.0 Å². The molecule has 0 saturated heterocycles. The fraction of sp³-hybridized carbons (Fsp3) is 0.269. The topological polar surface area (TPSA) is 99.2 Å². The number of fused-ring (bicyclic) bond motifs is 3. The van der Waals surface area contributed by atoms with Crippen LogP contribution >= 0.6 is 0 Å². The normalized spacial score (nSPS) is 23.8. The molecule has 2 heterocycles. The van der Waals surface area contributed by atoms with Crippen LogP contribution in [0.25, 0.3) is 0 Å². The summed E-state index contributed by atoms with van der Waals surface area (Å²) in [7, 11) is 0. The third kappa shape index (κ3) is 2.45. The van der Waals surface area contributed by atoms with E-state index in [1.165, 1.54) is 0 Å². The molecule has 1 atom stereocenters. The molecule has 0 aromatic heterocycles. The Morgan fingerprint density at radius 1 is 1.06 bits per heavy atom. The molecule has 6 nitrogen and oxygen atoms in total. The Labute approximate surface area is 187 Å². The van der Waals surface area contributed by atoms with Crippen LogP contribution in [0.3, 0.4) is 0 Å². The predicted octanol–water partition coefficient (Wildman–Crippen LogP) is 4.04. The number of benzene rings is 2. The van der Waals surface area contributed by atoms with E-state index in [0.717, 1.165) is 11.3 Å². The van der Waals surface area contributed by atoms with Crippen molar-refractivity contribution in [3.63, 3.8) is 0 Å². The van der Waals surface area contributed by atoms with Crippen molar-refractivity contribution in [1.82, 2.24) is 0 Å². The number of rotatable bonds is 1. The number of allylic oxidation sites excluding steroid dienone is 1. The number of carbonyl (C=O) groups is 2. The van der Waals surface area contributed by atoms with Gasteiger partial charge in [0.15, 0.2) is 5.78 Å². The zero-order chi connectivity index (χ0) is 22.8. The maximum atomic E-state index is 13.8. The highest BCUT2D eigenvalue weighted by Gasteiger charge is 2.61. The molecule has 1 amide bonds. The number of nitrogens with zero attached hydrogens (tertiary/aromatic N) is 2. The molecule has 3 aliphatic rings.